The number of nitrogens with one attached hydrogen (secondary N) is 1. The van der Waals surface area contributed by atoms with Gasteiger partial charge in [-0.3, -0.25) is 4.79 Å². The maximum Gasteiger partial charge on any atom is 0.263 e. The highest BCUT2D eigenvalue weighted by Gasteiger charge is 2.33. The number of pyridine rings is 1. The van der Waals surface area contributed by atoms with E-state index in [4.69, 9.17) is 16.3 Å². The summed E-state index contributed by atoms with van der Waals surface area (Å²) in [7, 11) is 0. The molecule has 0 aliphatic carbocycles. The second kappa shape index (κ2) is 12.4. The Morgan fingerprint density at radius 2 is 1.76 bits per heavy atom. The van der Waals surface area contributed by atoms with Gasteiger partial charge in [-0.15, -0.1) is 0 Å². The largest absolute Gasteiger partial charge is 0.462 e. The summed E-state index contributed by atoms with van der Waals surface area (Å²) in [5.74, 6) is 0.335. The molecule has 5 heteroatoms. The average Bonchev–Trinajstić information content (AvgIpc) is 2.80. The van der Waals surface area contributed by atoms with E-state index in [0.717, 1.165) is 6.42 Å². The van der Waals surface area contributed by atoms with Crippen molar-refractivity contribution < 1.29 is 9.53 Å². The number of carbonyl (C=O) groups excluding carboxylic acids is 1. The van der Waals surface area contributed by atoms with Gasteiger partial charge in [0.25, 0.3) is 5.91 Å². The second-order valence-electron chi connectivity index (χ2n) is 8.39. The normalized spacial score (nSPS) is 12.7. The Bertz CT molecular complexity index is 1000. The van der Waals surface area contributed by atoms with E-state index in [0.29, 0.717) is 10.9 Å². The molecule has 176 valence electrons. The number of halogens is 1. The third-order valence-electron chi connectivity index (χ3n) is 5.35. The maximum absolute atomic E-state index is 13.1. The summed E-state index contributed by atoms with van der Waals surface area (Å²) in [6.07, 6.45) is 2.43. The van der Waals surface area contributed by atoms with E-state index in [2.05, 4.69) is 41.5 Å². The highest BCUT2D eigenvalue weighted by Crippen LogP contribution is 2.27. The zero-order valence-corrected chi connectivity index (χ0v) is 21.2. The van der Waals surface area contributed by atoms with Gasteiger partial charge in [0.2, 0.25) is 5.88 Å². The fourth-order valence-electron chi connectivity index (χ4n) is 3.55. The summed E-state index contributed by atoms with van der Waals surface area (Å²) >= 11 is 6.06. The third-order valence-corrected chi connectivity index (χ3v) is 5.60. The zero-order valence-electron chi connectivity index (χ0n) is 20.4. The molecule has 33 heavy (non-hydrogen) atoms. The van der Waals surface area contributed by atoms with Crippen molar-refractivity contribution in [2.24, 2.45) is 0 Å². The van der Waals surface area contributed by atoms with E-state index in [9.17, 15) is 4.79 Å². The molecule has 0 fully saturated rings. The third kappa shape index (κ3) is 7.90. The van der Waals surface area contributed by atoms with E-state index in [-0.39, 0.29) is 17.9 Å². The Morgan fingerprint density at radius 3 is 2.36 bits per heavy atom. The Balaban J connectivity index is 0.00000187. The highest BCUT2D eigenvalue weighted by atomic mass is 35.5. The Hall–Kier alpha value is -2.85. The van der Waals surface area contributed by atoms with Gasteiger partial charge >= 0.3 is 0 Å². The van der Waals surface area contributed by atoms with E-state index in [1.54, 1.807) is 26.1 Å². The monoisotopic (exact) mass is 466 g/mol. The van der Waals surface area contributed by atoms with Gasteiger partial charge in [-0.2, -0.15) is 0 Å². The molecule has 3 rings (SSSR count). The summed E-state index contributed by atoms with van der Waals surface area (Å²) < 4.78 is 5.86. The molecule has 3 aromatic rings. The van der Waals surface area contributed by atoms with Crippen molar-refractivity contribution in [1.29, 1.82) is 0 Å². The minimum atomic E-state index is -1.06. The summed E-state index contributed by atoms with van der Waals surface area (Å²) in [6.45, 7) is 11.6. The first kappa shape index (κ1) is 26.4. The van der Waals surface area contributed by atoms with Gasteiger partial charge < -0.3 is 10.1 Å². The number of nitrogens with zero attached hydrogens (tertiary/aromatic N) is 1. The molecule has 0 radical (unpaired) electrons. The minimum Gasteiger partial charge on any atom is -0.462 e. The Kier molecular flexibility index (Phi) is 9.93. The summed E-state index contributed by atoms with van der Waals surface area (Å²) in [6, 6.07) is 21.6. The number of hydrogen-bond donors (Lipinski definition) is 1. The van der Waals surface area contributed by atoms with Crippen LogP contribution in [0.4, 0.5) is 0 Å². The number of carbonyl (C=O) groups is 1. The number of aromatic nitrogens is 1. The van der Waals surface area contributed by atoms with Crippen molar-refractivity contribution >= 4 is 17.5 Å². The van der Waals surface area contributed by atoms with Gasteiger partial charge in [0, 0.05) is 29.2 Å². The standard InChI is InChI=1S/C26H29ClN2O2.C2H6/c1-18-8-7-9-21(16-18)23(17-20-11-13-22(27)14-12-20)19(2)29-25(30)26(3,4)31-24-10-5-6-15-28-24;1-2/h5-16,19,23H,17H2,1-4H3,(H,29,30);1-2H3. The van der Waals surface area contributed by atoms with Crippen LogP contribution in [0.3, 0.4) is 0 Å². The molecule has 1 amide bonds. The summed E-state index contributed by atoms with van der Waals surface area (Å²) in [4.78, 5) is 17.3. The summed E-state index contributed by atoms with van der Waals surface area (Å²) in [5.41, 5.74) is 2.49. The molecule has 0 aliphatic heterocycles. The van der Waals surface area contributed by atoms with E-state index >= 15 is 0 Å². The van der Waals surface area contributed by atoms with Crippen LogP contribution in [-0.2, 0) is 11.2 Å². The molecule has 0 saturated carbocycles. The van der Waals surface area contributed by atoms with Crippen molar-refractivity contribution in [3.8, 4) is 5.88 Å². The van der Waals surface area contributed by atoms with Crippen LogP contribution in [-0.4, -0.2) is 22.5 Å². The van der Waals surface area contributed by atoms with Crippen molar-refractivity contribution in [2.45, 2.75) is 65.5 Å². The fourth-order valence-corrected chi connectivity index (χ4v) is 3.68. The SMILES string of the molecule is CC.Cc1cccc(C(Cc2ccc(Cl)cc2)C(C)NC(=O)C(C)(C)Oc2ccccn2)c1. The smallest absolute Gasteiger partial charge is 0.263 e. The number of benzene rings is 2. The van der Waals surface area contributed by atoms with Gasteiger partial charge in [-0.1, -0.05) is 73.5 Å². The number of aryl methyl sites for hydroxylation is 1. The van der Waals surface area contributed by atoms with Crippen LogP contribution in [0.15, 0.2) is 72.9 Å². The first-order chi connectivity index (χ1) is 15.7. The predicted octanol–water partition coefficient (Wildman–Crippen LogP) is 6.76. The van der Waals surface area contributed by atoms with Gasteiger partial charge in [0.05, 0.1) is 0 Å². The van der Waals surface area contributed by atoms with Crippen molar-refractivity contribution in [1.82, 2.24) is 10.3 Å². The van der Waals surface area contributed by atoms with Crippen molar-refractivity contribution in [3.05, 3.63) is 94.6 Å². The number of ether oxygens (including phenoxy) is 1. The number of hydrogen-bond acceptors (Lipinski definition) is 3. The van der Waals surface area contributed by atoms with E-state index in [1.807, 2.05) is 57.2 Å². The van der Waals surface area contributed by atoms with Crippen LogP contribution >= 0.6 is 11.6 Å². The van der Waals surface area contributed by atoms with Gasteiger partial charge in [0.15, 0.2) is 5.60 Å². The number of amides is 1. The zero-order chi connectivity index (χ0) is 24.4. The lowest BCUT2D eigenvalue weighted by Crippen LogP contribution is -2.51. The predicted molar refractivity (Wildman–Crippen MR) is 137 cm³/mol. The van der Waals surface area contributed by atoms with Crippen LogP contribution in [0.5, 0.6) is 5.88 Å². The molecule has 0 saturated heterocycles. The molecule has 1 heterocycles. The molecule has 1 aromatic heterocycles. The minimum absolute atomic E-state index is 0.0932. The van der Waals surface area contributed by atoms with E-state index < -0.39 is 5.60 Å². The lowest BCUT2D eigenvalue weighted by Gasteiger charge is -2.30. The summed E-state index contributed by atoms with van der Waals surface area (Å²) in [5, 5.41) is 3.89. The van der Waals surface area contributed by atoms with Crippen molar-refractivity contribution in [3.63, 3.8) is 0 Å². The van der Waals surface area contributed by atoms with Gasteiger partial charge in [-0.05, 0) is 63.4 Å². The molecule has 1 N–H and O–H groups in total. The lowest BCUT2D eigenvalue weighted by molar-refractivity contribution is -0.135. The fraction of sp³-hybridized carbons (Fsp3) is 0.357. The topological polar surface area (TPSA) is 51.2 Å². The Morgan fingerprint density at radius 1 is 1.06 bits per heavy atom. The maximum atomic E-state index is 13.1. The quantitative estimate of drug-likeness (QED) is 0.399. The van der Waals surface area contributed by atoms with Crippen molar-refractivity contribution in [2.75, 3.05) is 0 Å². The molecule has 0 aliphatic rings. The first-order valence-electron chi connectivity index (χ1n) is 11.5. The van der Waals surface area contributed by atoms with E-state index in [1.165, 1.54) is 16.7 Å². The molecule has 2 aromatic carbocycles. The first-order valence-corrected chi connectivity index (χ1v) is 11.8. The van der Waals surface area contributed by atoms with Crippen LogP contribution in [0.25, 0.3) is 0 Å². The number of rotatable bonds is 8. The molecule has 2 unspecified atom stereocenters. The van der Waals surface area contributed by atoms with Crippen LogP contribution in [0.2, 0.25) is 5.02 Å². The molecular formula is C28H35ClN2O2. The highest BCUT2D eigenvalue weighted by molar-refractivity contribution is 6.30. The van der Waals surface area contributed by atoms with Crippen LogP contribution in [0.1, 0.15) is 57.2 Å². The molecule has 0 spiro atoms. The molecule has 2 atom stereocenters. The molecule has 4 nitrogen and oxygen atoms in total. The van der Waals surface area contributed by atoms with Crippen LogP contribution in [0, 0.1) is 6.92 Å². The van der Waals surface area contributed by atoms with Gasteiger partial charge in [-0.25, -0.2) is 4.98 Å². The Labute approximate surface area is 203 Å². The second-order valence-corrected chi connectivity index (χ2v) is 8.83. The van der Waals surface area contributed by atoms with Crippen LogP contribution < -0.4 is 10.1 Å². The lowest BCUT2D eigenvalue weighted by atomic mass is 9.85. The molecular weight excluding hydrogens is 432 g/mol. The van der Waals surface area contributed by atoms with Gasteiger partial charge in [0.1, 0.15) is 0 Å². The average molecular weight is 467 g/mol. The molecule has 0 bridgehead atoms.